The van der Waals surface area contributed by atoms with Crippen molar-refractivity contribution in [1.29, 1.82) is 0 Å². The van der Waals surface area contributed by atoms with E-state index in [1.807, 2.05) is 71.5 Å². The predicted octanol–water partition coefficient (Wildman–Crippen LogP) is 5.49. The summed E-state index contributed by atoms with van der Waals surface area (Å²) in [6.45, 7) is 3.29. The van der Waals surface area contributed by atoms with Gasteiger partial charge in [0.15, 0.2) is 11.5 Å². The van der Waals surface area contributed by atoms with Crippen molar-refractivity contribution in [2.24, 2.45) is 4.99 Å². The fourth-order valence-corrected chi connectivity index (χ4v) is 5.07. The van der Waals surface area contributed by atoms with Gasteiger partial charge in [-0.2, -0.15) is 0 Å². The van der Waals surface area contributed by atoms with Crippen LogP contribution in [0.3, 0.4) is 0 Å². The second-order valence-electron chi connectivity index (χ2n) is 9.80. The van der Waals surface area contributed by atoms with Gasteiger partial charge in [-0.15, -0.1) is 0 Å². The second kappa shape index (κ2) is 10.3. The van der Waals surface area contributed by atoms with Crippen LogP contribution in [0.5, 0.6) is 0 Å². The smallest absolute Gasteiger partial charge is 0.255 e. The molecule has 1 saturated heterocycles. The molecule has 0 spiro atoms. The fourth-order valence-electron chi connectivity index (χ4n) is 5.07. The van der Waals surface area contributed by atoms with Crippen LogP contribution in [-0.4, -0.2) is 52.8 Å². The molecule has 2 aliphatic heterocycles. The highest BCUT2D eigenvalue weighted by molar-refractivity contribution is 6.05. The lowest BCUT2D eigenvalue weighted by molar-refractivity contribution is 0.102. The highest BCUT2D eigenvalue weighted by Gasteiger charge is 2.15. The number of carbonyl (C=O) groups excluding carboxylic acids is 1. The van der Waals surface area contributed by atoms with E-state index >= 15 is 0 Å². The predicted molar refractivity (Wildman–Crippen MR) is 157 cm³/mol. The van der Waals surface area contributed by atoms with Gasteiger partial charge < -0.3 is 24.7 Å². The minimum absolute atomic E-state index is 0.189. The lowest BCUT2D eigenvalue weighted by Crippen LogP contribution is -2.36. The number of carbonyl (C=O) groups is 1. The molecule has 0 radical (unpaired) electrons. The van der Waals surface area contributed by atoms with Crippen LogP contribution < -0.4 is 15.5 Å². The highest BCUT2D eigenvalue weighted by atomic mass is 16.5. The van der Waals surface area contributed by atoms with Crippen molar-refractivity contribution in [3.63, 3.8) is 0 Å². The molecule has 9 nitrogen and oxygen atoms in total. The van der Waals surface area contributed by atoms with E-state index in [4.69, 9.17) is 9.72 Å². The fraction of sp³-hybridized carbons (Fsp3) is 0.161. The van der Waals surface area contributed by atoms with Crippen LogP contribution in [0.4, 0.5) is 28.6 Å². The number of imidazole rings is 1. The molecule has 0 saturated carbocycles. The quantitative estimate of drug-likeness (QED) is 0.302. The largest absolute Gasteiger partial charge is 0.378 e. The topological polar surface area (TPSA) is 96.2 Å². The van der Waals surface area contributed by atoms with Gasteiger partial charge in [-0.3, -0.25) is 9.79 Å². The monoisotopic (exact) mass is 529 g/mol. The summed E-state index contributed by atoms with van der Waals surface area (Å²) in [5, 5.41) is 6.43. The summed E-state index contributed by atoms with van der Waals surface area (Å²) in [5.41, 5.74) is 7.68. The van der Waals surface area contributed by atoms with E-state index in [1.165, 1.54) is 11.3 Å². The molecule has 3 aromatic carbocycles. The minimum atomic E-state index is -0.189. The summed E-state index contributed by atoms with van der Waals surface area (Å²) in [7, 11) is 0. The van der Waals surface area contributed by atoms with Crippen molar-refractivity contribution in [3.8, 4) is 11.3 Å². The van der Waals surface area contributed by atoms with Gasteiger partial charge in [0, 0.05) is 72.5 Å². The van der Waals surface area contributed by atoms with Crippen LogP contribution in [0.25, 0.3) is 16.9 Å². The number of nitrogens with one attached hydrogen (secondary N) is 2. The third-order valence-corrected chi connectivity index (χ3v) is 7.19. The molecular weight excluding hydrogens is 502 g/mol. The van der Waals surface area contributed by atoms with E-state index in [0.29, 0.717) is 17.0 Å². The SMILES string of the molecule is O=C(Nc1ccc2c(c1)N=CC2)c1cccc(-c2cn3ccnc3c(Nc3ccc(N4CCOCC4)cc3)n2)c1. The molecule has 2 N–H and O–H groups in total. The molecular formula is C31H27N7O2. The molecule has 7 rings (SSSR count). The molecule has 0 bridgehead atoms. The maximum Gasteiger partial charge on any atom is 0.255 e. The van der Waals surface area contributed by atoms with Gasteiger partial charge in [-0.05, 0) is 54.1 Å². The lowest BCUT2D eigenvalue weighted by atomic mass is 10.1. The molecule has 1 fully saturated rings. The average molecular weight is 530 g/mol. The Morgan fingerprint density at radius 2 is 1.80 bits per heavy atom. The Morgan fingerprint density at radius 3 is 2.67 bits per heavy atom. The zero-order chi connectivity index (χ0) is 26.9. The van der Waals surface area contributed by atoms with E-state index in [1.54, 1.807) is 12.3 Å². The first-order valence-corrected chi connectivity index (χ1v) is 13.3. The zero-order valence-corrected chi connectivity index (χ0v) is 21.7. The number of aromatic nitrogens is 3. The second-order valence-corrected chi connectivity index (χ2v) is 9.80. The molecule has 0 atom stereocenters. The third-order valence-electron chi connectivity index (χ3n) is 7.19. The Hall–Kier alpha value is -5.02. The Balaban J connectivity index is 1.14. The van der Waals surface area contributed by atoms with Crippen molar-refractivity contribution in [3.05, 3.63) is 96.4 Å². The molecule has 4 heterocycles. The summed E-state index contributed by atoms with van der Waals surface area (Å²) in [5.74, 6) is 0.446. The minimum Gasteiger partial charge on any atom is -0.378 e. The average Bonchev–Trinajstić information content (AvgIpc) is 3.68. The van der Waals surface area contributed by atoms with Gasteiger partial charge in [0.25, 0.3) is 5.91 Å². The van der Waals surface area contributed by atoms with Crippen LogP contribution in [0.15, 0.2) is 90.3 Å². The Kier molecular flexibility index (Phi) is 6.18. The lowest BCUT2D eigenvalue weighted by Gasteiger charge is -2.28. The number of benzene rings is 3. The molecule has 5 aromatic rings. The maximum atomic E-state index is 13.1. The van der Waals surface area contributed by atoms with Gasteiger partial charge >= 0.3 is 0 Å². The van der Waals surface area contributed by atoms with Crippen LogP contribution in [0.1, 0.15) is 15.9 Å². The number of hydrogen-bond acceptors (Lipinski definition) is 7. The van der Waals surface area contributed by atoms with Gasteiger partial charge in [0.05, 0.1) is 24.6 Å². The molecule has 2 aliphatic rings. The first kappa shape index (κ1) is 24.1. The van der Waals surface area contributed by atoms with E-state index < -0.39 is 0 Å². The standard InChI is InChI=1S/C31H27N7O2/c39-31(35-25-5-4-21-10-11-32-27(21)19-25)23-3-1-2-22(18-23)28-20-38-13-12-33-30(38)29(36-28)34-24-6-8-26(9-7-24)37-14-16-40-17-15-37/h1-9,11-13,18-20H,10,14-17H2,(H,34,36)(H,35,39). The van der Waals surface area contributed by atoms with Crippen LogP contribution in [0, 0.1) is 0 Å². The highest BCUT2D eigenvalue weighted by Crippen LogP contribution is 2.29. The molecule has 2 aromatic heterocycles. The van der Waals surface area contributed by atoms with Crippen LogP contribution in [-0.2, 0) is 11.2 Å². The van der Waals surface area contributed by atoms with Gasteiger partial charge in [0.1, 0.15) is 0 Å². The van der Waals surface area contributed by atoms with Crippen molar-refractivity contribution in [2.45, 2.75) is 6.42 Å². The van der Waals surface area contributed by atoms with Crippen LogP contribution >= 0.6 is 0 Å². The van der Waals surface area contributed by atoms with Crippen molar-refractivity contribution in [1.82, 2.24) is 14.4 Å². The maximum absolute atomic E-state index is 13.1. The van der Waals surface area contributed by atoms with Crippen LogP contribution in [0.2, 0.25) is 0 Å². The number of ether oxygens (including phenoxy) is 1. The van der Waals surface area contributed by atoms with Crippen molar-refractivity contribution >= 4 is 46.3 Å². The van der Waals surface area contributed by atoms with E-state index in [0.717, 1.165) is 61.0 Å². The number of anilines is 4. The number of aliphatic imine (C=N–C) groups is 1. The van der Waals surface area contributed by atoms with Crippen molar-refractivity contribution < 1.29 is 9.53 Å². The molecule has 0 aliphatic carbocycles. The number of rotatable bonds is 6. The third kappa shape index (κ3) is 4.78. The van der Waals surface area contributed by atoms with Gasteiger partial charge in [-0.1, -0.05) is 18.2 Å². The zero-order valence-electron chi connectivity index (χ0n) is 21.7. The van der Waals surface area contributed by atoms with E-state index in [9.17, 15) is 4.79 Å². The number of morpholine rings is 1. The molecule has 0 unspecified atom stereocenters. The summed E-state index contributed by atoms with van der Waals surface area (Å²) < 4.78 is 7.40. The Bertz CT molecular complexity index is 1740. The molecule has 9 heteroatoms. The number of fused-ring (bicyclic) bond motifs is 2. The van der Waals surface area contributed by atoms with E-state index in [2.05, 4.69) is 37.6 Å². The normalized spacial score (nSPS) is 14.3. The first-order valence-electron chi connectivity index (χ1n) is 13.3. The molecule has 40 heavy (non-hydrogen) atoms. The summed E-state index contributed by atoms with van der Waals surface area (Å²) >= 11 is 0. The molecule has 1 amide bonds. The summed E-state index contributed by atoms with van der Waals surface area (Å²) in [6, 6.07) is 21.6. The Morgan fingerprint density at radius 1 is 0.950 bits per heavy atom. The number of nitrogens with zero attached hydrogens (tertiary/aromatic N) is 5. The summed E-state index contributed by atoms with van der Waals surface area (Å²) in [4.78, 5) is 29.2. The van der Waals surface area contributed by atoms with Gasteiger partial charge in [-0.25, -0.2) is 9.97 Å². The van der Waals surface area contributed by atoms with E-state index in [-0.39, 0.29) is 5.91 Å². The number of amides is 1. The summed E-state index contributed by atoms with van der Waals surface area (Å²) in [6.07, 6.45) is 8.27. The number of hydrogen-bond donors (Lipinski definition) is 2. The van der Waals surface area contributed by atoms with Crippen molar-refractivity contribution in [2.75, 3.05) is 41.8 Å². The Labute approximate surface area is 231 Å². The molecule has 198 valence electrons. The first-order chi connectivity index (χ1) is 19.7. The van der Waals surface area contributed by atoms with Gasteiger partial charge in [0.2, 0.25) is 0 Å².